The summed E-state index contributed by atoms with van der Waals surface area (Å²) in [6, 6.07) is 4.60. The molecule has 0 amide bonds. The van der Waals surface area contributed by atoms with E-state index in [1.54, 1.807) is 12.1 Å². The Balaban J connectivity index is 2.40. The Labute approximate surface area is 176 Å². The summed E-state index contributed by atoms with van der Waals surface area (Å²) in [4.78, 5) is 14.1. The van der Waals surface area contributed by atoms with Gasteiger partial charge < -0.3 is 10.0 Å². The molecule has 1 aromatic carbocycles. The van der Waals surface area contributed by atoms with Gasteiger partial charge in [0.1, 0.15) is 0 Å². The Morgan fingerprint density at radius 3 is 2.14 bits per heavy atom. The first-order valence-corrected chi connectivity index (χ1v) is 12.3. The number of sulfonamides is 1. The van der Waals surface area contributed by atoms with E-state index in [1.165, 1.54) is 10.4 Å². The number of piperidine rings is 1. The zero-order valence-electron chi connectivity index (χ0n) is 18.2. The molecule has 0 aliphatic carbocycles. The number of nitrogens with zero attached hydrogens (tertiary/aromatic N) is 2. The number of carboxylic acids is 1. The third kappa shape index (κ3) is 5.95. The largest absolute Gasteiger partial charge is 0.478 e. The fourth-order valence-electron chi connectivity index (χ4n) is 4.15. The van der Waals surface area contributed by atoms with Crippen LogP contribution in [0.1, 0.15) is 70.2 Å². The highest BCUT2D eigenvalue weighted by Gasteiger charge is 2.29. The van der Waals surface area contributed by atoms with Crippen LogP contribution < -0.4 is 4.90 Å². The maximum Gasteiger partial charge on any atom is 0.337 e. The Kier molecular flexibility index (Phi) is 8.52. The first kappa shape index (κ1) is 23.7. The molecule has 2 unspecified atom stereocenters. The van der Waals surface area contributed by atoms with Gasteiger partial charge in [-0.05, 0) is 49.3 Å². The van der Waals surface area contributed by atoms with E-state index >= 15 is 0 Å². The molecule has 29 heavy (non-hydrogen) atoms. The quantitative estimate of drug-likeness (QED) is 0.600. The molecule has 1 N–H and O–H groups in total. The van der Waals surface area contributed by atoms with Gasteiger partial charge >= 0.3 is 5.97 Å². The molecule has 1 saturated heterocycles. The van der Waals surface area contributed by atoms with Crippen LogP contribution in [0.4, 0.5) is 5.69 Å². The first-order valence-electron chi connectivity index (χ1n) is 10.8. The lowest BCUT2D eigenvalue weighted by Crippen LogP contribution is -2.39. The van der Waals surface area contributed by atoms with Crippen molar-refractivity contribution < 1.29 is 18.3 Å². The molecular weight excluding hydrogens is 388 g/mol. The number of rotatable bonds is 10. The summed E-state index contributed by atoms with van der Waals surface area (Å²) in [5.74, 6) is -0.138. The molecule has 2 rings (SSSR count). The number of hydrogen-bond donors (Lipinski definition) is 1. The fraction of sp³-hybridized carbons (Fsp3) is 0.682. The van der Waals surface area contributed by atoms with E-state index < -0.39 is 16.0 Å². The molecule has 1 aliphatic heterocycles. The number of carboxylic acid groups (broad SMARTS) is 1. The molecule has 2 atom stereocenters. The highest BCUT2D eigenvalue weighted by atomic mass is 32.2. The van der Waals surface area contributed by atoms with Gasteiger partial charge in [-0.2, -0.15) is 4.31 Å². The van der Waals surface area contributed by atoms with E-state index in [2.05, 4.69) is 18.7 Å². The van der Waals surface area contributed by atoms with E-state index in [4.69, 9.17) is 0 Å². The molecule has 0 spiro atoms. The number of anilines is 1. The van der Waals surface area contributed by atoms with E-state index in [0.29, 0.717) is 30.6 Å². The minimum Gasteiger partial charge on any atom is -0.478 e. The summed E-state index contributed by atoms with van der Waals surface area (Å²) in [6.45, 7) is 10.9. The topological polar surface area (TPSA) is 77.9 Å². The molecule has 0 aromatic heterocycles. The second-order valence-electron chi connectivity index (χ2n) is 8.45. The van der Waals surface area contributed by atoms with E-state index in [1.807, 2.05) is 13.8 Å². The Bertz CT molecular complexity index is 776. The predicted octanol–water partition coefficient (Wildman–Crippen LogP) is 4.46. The molecule has 0 bridgehead atoms. The summed E-state index contributed by atoms with van der Waals surface area (Å²) >= 11 is 0. The van der Waals surface area contributed by atoms with Crippen LogP contribution in [0, 0.1) is 11.8 Å². The summed E-state index contributed by atoms with van der Waals surface area (Å²) < 4.78 is 28.0. The van der Waals surface area contributed by atoms with Gasteiger partial charge in [0.25, 0.3) is 0 Å². The van der Waals surface area contributed by atoms with Crippen molar-refractivity contribution in [2.24, 2.45) is 11.8 Å². The van der Waals surface area contributed by atoms with Crippen LogP contribution in [0.15, 0.2) is 23.1 Å². The lowest BCUT2D eigenvalue weighted by atomic mass is 9.91. The van der Waals surface area contributed by atoms with Gasteiger partial charge in [-0.15, -0.1) is 0 Å². The Hall–Kier alpha value is -1.60. The van der Waals surface area contributed by atoms with Crippen LogP contribution in [0.3, 0.4) is 0 Å². The molecule has 0 saturated carbocycles. The average Bonchev–Trinajstić information content (AvgIpc) is 2.66. The van der Waals surface area contributed by atoms with Crippen LogP contribution in [0.2, 0.25) is 0 Å². The number of hydrogen-bond acceptors (Lipinski definition) is 4. The van der Waals surface area contributed by atoms with E-state index in [0.717, 1.165) is 45.2 Å². The molecule has 1 fully saturated rings. The van der Waals surface area contributed by atoms with Crippen LogP contribution in [0.5, 0.6) is 0 Å². The predicted molar refractivity (Wildman–Crippen MR) is 117 cm³/mol. The minimum atomic E-state index is -3.72. The third-order valence-corrected chi connectivity index (χ3v) is 7.46. The number of unbranched alkanes of at least 4 members (excludes halogenated alkanes) is 2. The van der Waals surface area contributed by atoms with Crippen molar-refractivity contribution in [1.82, 2.24) is 4.31 Å². The second kappa shape index (κ2) is 10.4. The van der Waals surface area contributed by atoms with E-state index in [-0.39, 0.29) is 10.5 Å². The smallest absolute Gasteiger partial charge is 0.337 e. The van der Waals surface area contributed by atoms with Crippen LogP contribution in [-0.2, 0) is 10.0 Å². The van der Waals surface area contributed by atoms with Gasteiger partial charge in [0.2, 0.25) is 10.0 Å². The molecule has 1 aromatic rings. The standard InChI is InChI=1S/C22H36N2O4S/c1-5-7-11-24(12-8-6-2)29(27,28)19-9-10-21(20(14-19)22(25)26)23-15-17(3)13-18(4)16-23/h9-10,14,17-18H,5-8,11-13,15-16H2,1-4H3,(H,25,26). The molecule has 1 aliphatic rings. The lowest BCUT2D eigenvalue weighted by Gasteiger charge is -2.37. The van der Waals surface area contributed by atoms with Crippen molar-refractivity contribution in [2.45, 2.75) is 64.7 Å². The van der Waals surface area contributed by atoms with Gasteiger partial charge in [0.15, 0.2) is 0 Å². The van der Waals surface area contributed by atoms with Crippen molar-refractivity contribution in [3.05, 3.63) is 23.8 Å². The van der Waals surface area contributed by atoms with Gasteiger partial charge in [-0.25, -0.2) is 13.2 Å². The van der Waals surface area contributed by atoms with Crippen molar-refractivity contribution in [2.75, 3.05) is 31.1 Å². The molecule has 6 nitrogen and oxygen atoms in total. The van der Waals surface area contributed by atoms with Gasteiger partial charge in [-0.1, -0.05) is 40.5 Å². The lowest BCUT2D eigenvalue weighted by molar-refractivity contribution is 0.0697. The van der Waals surface area contributed by atoms with Crippen molar-refractivity contribution in [3.8, 4) is 0 Å². The van der Waals surface area contributed by atoms with Crippen molar-refractivity contribution >= 4 is 21.7 Å². The summed E-state index contributed by atoms with van der Waals surface area (Å²) in [7, 11) is -3.72. The van der Waals surface area contributed by atoms with E-state index in [9.17, 15) is 18.3 Å². The minimum absolute atomic E-state index is 0.0679. The van der Waals surface area contributed by atoms with Crippen molar-refractivity contribution in [3.63, 3.8) is 0 Å². The maximum absolute atomic E-state index is 13.2. The molecule has 164 valence electrons. The number of benzene rings is 1. The second-order valence-corrected chi connectivity index (χ2v) is 10.4. The first-order chi connectivity index (χ1) is 13.7. The zero-order valence-corrected chi connectivity index (χ0v) is 19.0. The Morgan fingerprint density at radius 2 is 1.66 bits per heavy atom. The SMILES string of the molecule is CCCCN(CCCC)S(=O)(=O)c1ccc(N2CC(C)CC(C)C2)c(C(=O)O)c1. The van der Waals surface area contributed by atoms with Gasteiger partial charge in [-0.3, -0.25) is 0 Å². The van der Waals surface area contributed by atoms with Gasteiger partial charge in [0, 0.05) is 26.2 Å². The maximum atomic E-state index is 13.2. The molecule has 1 heterocycles. The van der Waals surface area contributed by atoms with Crippen LogP contribution >= 0.6 is 0 Å². The normalized spacial score (nSPS) is 20.2. The summed E-state index contributed by atoms with van der Waals surface area (Å²) in [6.07, 6.45) is 4.51. The summed E-state index contributed by atoms with van der Waals surface area (Å²) in [5, 5.41) is 9.80. The third-order valence-electron chi connectivity index (χ3n) is 5.57. The zero-order chi connectivity index (χ0) is 21.6. The molecular formula is C22H36N2O4S. The average molecular weight is 425 g/mol. The van der Waals surface area contributed by atoms with Crippen molar-refractivity contribution in [1.29, 1.82) is 0 Å². The summed E-state index contributed by atoms with van der Waals surface area (Å²) in [5.41, 5.74) is 0.682. The van der Waals surface area contributed by atoms with Crippen LogP contribution in [-0.4, -0.2) is 50.0 Å². The van der Waals surface area contributed by atoms with Crippen LogP contribution in [0.25, 0.3) is 0 Å². The Morgan fingerprint density at radius 1 is 1.10 bits per heavy atom. The highest BCUT2D eigenvalue weighted by Crippen LogP contribution is 2.31. The molecule has 0 radical (unpaired) electrons. The number of carbonyl (C=O) groups is 1. The fourth-order valence-corrected chi connectivity index (χ4v) is 5.70. The number of aromatic carboxylic acids is 1. The molecule has 7 heteroatoms. The highest BCUT2D eigenvalue weighted by molar-refractivity contribution is 7.89. The van der Waals surface area contributed by atoms with Gasteiger partial charge in [0.05, 0.1) is 16.1 Å². The monoisotopic (exact) mass is 424 g/mol.